The molecule has 4 nitrogen and oxygen atoms in total. The molecule has 0 unspecified atom stereocenters. The van der Waals surface area contributed by atoms with Gasteiger partial charge in [0.05, 0.1) is 24.8 Å². The number of rotatable bonds is 6. The predicted octanol–water partition coefficient (Wildman–Crippen LogP) is 3.64. The summed E-state index contributed by atoms with van der Waals surface area (Å²) in [5.74, 6) is 1.19. The van der Waals surface area contributed by atoms with Gasteiger partial charge in [0.1, 0.15) is 0 Å². The van der Waals surface area contributed by atoms with Crippen LogP contribution in [0.25, 0.3) is 0 Å². The zero-order valence-electron chi connectivity index (χ0n) is 13.5. The molecule has 0 aliphatic carbocycles. The van der Waals surface area contributed by atoms with Crippen molar-refractivity contribution in [2.75, 3.05) is 20.8 Å². The second kappa shape index (κ2) is 7.88. The Hall–Kier alpha value is -2.20. The lowest BCUT2D eigenvalue weighted by Crippen LogP contribution is -2.26. The van der Waals surface area contributed by atoms with E-state index in [1.165, 1.54) is 0 Å². The summed E-state index contributed by atoms with van der Waals surface area (Å²) in [6.07, 6.45) is 0.690. The lowest BCUT2D eigenvalue weighted by atomic mass is 10.1. The van der Waals surface area contributed by atoms with Crippen LogP contribution >= 0.6 is 11.6 Å². The van der Waals surface area contributed by atoms with Crippen LogP contribution in [0.15, 0.2) is 36.4 Å². The van der Waals surface area contributed by atoms with Crippen LogP contribution in [0.3, 0.4) is 0 Å². The van der Waals surface area contributed by atoms with Gasteiger partial charge in [-0.15, -0.1) is 0 Å². The molecule has 0 bridgehead atoms. The largest absolute Gasteiger partial charge is 0.493 e. The molecule has 2 aromatic carbocycles. The van der Waals surface area contributed by atoms with Crippen molar-refractivity contribution in [1.82, 2.24) is 5.32 Å². The molecule has 0 spiro atoms. The third-order valence-corrected chi connectivity index (χ3v) is 3.83. The van der Waals surface area contributed by atoms with Crippen LogP contribution in [0.1, 0.15) is 21.5 Å². The number of methoxy groups -OCH3 is 2. The van der Waals surface area contributed by atoms with Gasteiger partial charge in [0, 0.05) is 6.54 Å². The SMILES string of the molecule is COc1ccc(CCNC(=O)c2ccc(C)cc2Cl)cc1OC. The monoisotopic (exact) mass is 333 g/mol. The highest BCUT2D eigenvalue weighted by molar-refractivity contribution is 6.33. The molecule has 122 valence electrons. The molecule has 23 heavy (non-hydrogen) atoms. The highest BCUT2D eigenvalue weighted by atomic mass is 35.5. The lowest BCUT2D eigenvalue weighted by Gasteiger charge is -2.10. The summed E-state index contributed by atoms with van der Waals surface area (Å²) in [6.45, 7) is 2.45. The Morgan fingerprint density at radius 2 is 1.83 bits per heavy atom. The molecule has 1 amide bonds. The fourth-order valence-electron chi connectivity index (χ4n) is 2.26. The predicted molar refractivity (Wildman–Crippen MR) is 91.8 cm³/mol. The summed E-state index contributed by atoms with van der Waals surface area (Å²) in [4.78, 5) is 12.2. The van der Waals surface area contributed by atoms with Crippen LogP contribution in [0, 0.1) is 6.92 Å². The van der Waals surface area contributed by atoms with Crippen molar-refractivity contribution in [3.8, 4) is 11.5 Å². The average Bonchev–Trinajstić information content (AvgIpc) is 2.54. The van der Waals surface area contributed by atoms with Gasteiger partial charge in [-0.25, -0.2) is 0 Å². The third-order valence-electron chi connectivity index (χ3n) is 3.52. The number of ether oxygens (including phenoxy) is 2. The molecular weight excluding hydrogens is 314 g/mol. The molecule has 0 radical (unpaired) electrons. The summed E-state index contributed by atoms with van der Waals surface area (Å²) in [6, 6.07) is 11.1. The number of benzene rings is 2. The number of amides is 1. The summed E-state index contributed by atoms with van der Waals surface area (Å²) >= 11 is 6.10. The number of halogens is 1. The number of nitrogens with one attached hydrogen (secondary N) is 1. The topological polar surface area (TPSA) is 47.6 Å². The van der Waals surface area contributed by atoms with E-state index in [1.807, 2.05) is 31.2 Å². The highest BCUT2D eigenvalue weighted by Crippen LogP contribution is 2.27. The first-order chi connectivity index (χ1) is 11.0. The average molecular weight is 334 g/mol. The molecule has 0 heterocycles. The number of hydrogen-bond acceptors (Lipinski definition) is 3. The molecule has 0 aliphatic rings. The van der Waals surface area contributed by atoms with Crippen LogP contribution in [0.2, 0.25) is 5.02 Å². The number of hydrogen-bond donors (Lipinski definition) is 1. The molecule has 2 rings (SSSR count). The van der Waals surface area contributed by atoms with Crippen LogP contribution in [-0.2, 0) is 6.42 Å². The van der Waals surface area contributed by atoms with Crippen molar-refractivity contribution in [1.29, 1.82) is 0 Å². The molecular formula is C18H20ClNO3. The smallest absolute Gasteiger partial charge is 0.252 e. The second-order valence-electron chi connectivity index (χ2n) is 5.18. The van der Waals surface area contributed by atoms with E-state index in [0.717, 1.165) is 11.1 Å². The van der Waals surface area contributed by atoms with Gasteiger partial charge in [0.2, 0.25) is 0 Å². The summed E-state index contributed by atoms with van der Waals surface area (Å²) in [5.41, 5.74) is 2.57. The Labute approximate surface area is 141 Å². The van der Waals surface area contributed by atoms with Crippen LogP contribution in [-0.4, -0.2) is 26.7 Å². The normalized spacial score (nSPS) is 10.3. The maximum absolute atomic E-state index is 12.2. The van der Waals surface area contributed by atoms with Gasteiger partial charge in [-0.3, -0.25) is 4.79 Å². The van der Waals surface area contributed by atoms with Crippen molar-refractivity contribution in [3.05, 3.63) is 58.1 Å². The maximum Gasteiger partial charge on any atom is 0.252 e. The molecule has 0 fully saturated rings. The minimum atomic E-state index is -0.171. The minimum Gasteiger partial charge on any atom is -0.493 e. The highest BCUT2D eigenvalue weighted by Gasteiger charge is 2.10. The maximum atomic E-state index is 12.2. The van der Waals surface area contributed by atoms with Gasteiger partial charge in [0.15, 0.2) is 11.5 Å². The van der Waals surface area contributed by atoms with E-state index in [9.17, 15) is 4.79 Å². The van der Waals surface area contributed by atoms with E-state index < -0.39 is 0 Å². The zero-order valence-corrected chi connectivity index (χ0v) is 14.2. The Kier molecular flexibility index (Phi) is 5.88. The Balaban J connectivity index is 1.95. The Morgan fingerprint density at radius 3 is 2.48 bits per heavy atom. The van der Waals surface area contributed by atoms with Crippen LogP contribution in [0.5, 0.6) is 11.5 Å². The number of carbonyl (C=O) groups excluding carboxylic acids is 1. The Morgan fingerprint density at radius 1 is 1.09 bits per heavy atom. The number of aryl methyl sites for hydroxylation is 1. The summed E-state index contributed by atoms with van der Waals surface area (Å²) < 4.78 is 10.5. The van der Waals surface area contributed by atoms with E-state index in [4.69, 9.17) is 21.1 Å². The summed E-state index contributed by atoms with van der Waals surface area (Å²) in [5, 5.41) is 3.34. The van der Waals surface area contributed by atoms with Crippen LogP contribution in [0.4, 0.5) is 0 Å². The van der Waals surface area contributed by atoms with E-state index in [2.05, 4.69) is 5.32 Å². The quantitative estimate of drug-likeness (QED) is 0.878. The zero-order chi connectivity index (χ0) is 16.8. The molecule has 0 saturated heterocycles. The molecule has 1 N–H and O–H groups in total. The standard InChI is InChI=1S/C18H20ClNO3/c1-12-4-6-14(15(19)10-12)18(21)20-9-8-13-5-7-16(22-2)17(11-13)23-3/h4-7,10-11H,8-9H2,1-3H3,(H,20,21). The fraction of sp³-hybridized carbons (Fsp3) is 0.278. The van der Waals surface area contributed by atoms with Gasteiger partial charge in [-0.2, -0.15) is 0 Å². The van der Waals surface area contributed by atoms with E-state index in [1.54, 1.807) is 26.4 Å². The minimum absolute atomic E-state index is 0.171. The third kappa shape index (κ3) is 4.39. The van der Waals surface area contributed by atoms with Crippen molar-refractivity contribution in [2.45, 2.75) is 13.3 Å². The first-order valence-electron chi connectivity index (χ1n) is 7.30. The molecule has 0 saturated carbocycles. The van der Waals surface area contributed by atoms with Gasteiger partial charge in [-0.1, -0.05) is 23.7 Å². The van der Waals surface area contributed by atoms with Gasteiger partial charge in [0.25, 0.3) is 5.91 Å². The lowest BCUT2D eigenvalue weighted by molar-refractivity contribution is 0.0954. The van der Waals surface area contributed by atoms with E-state index in [0.29, 0.717) is 35.1 Å². The van der Waals surface area contributed by atoms with Crippen molar-refractivity contribution < 1.29 is 14.3 Å². The fourth-order valence-corrected chi connectivity index (χ4v) is 2.58. The number of carbonyl (C=O) groups is 1. The molecule has 5 heteroatoms. The Bertz CT molecular complexity index is 701. The van der Waals surface area contributed by atoms with Crippen molar-refractivity contribution >= 4 is 17.5 Å². The second-order valence-corrected chi connectivity index (χ2v) is 5.59. The molecule has 2 aromatic rings. The molecule has 0 aliphatic heterocycles. The first-order valence-corrected chi connectivity index (χ1v) is 7.68. The molecule has 0 atom stereocenters. The van der Waals surface area contributed by atoms with Crippen LogP contribution < -0.4 is 14.8 Å². The van der Waals surface area contributed by atoms with Gasteiger partial charge >= 0.3 is 0 Å². The van der Waals surface area contributed by atoms with E-state index in [-0.39, 0.29) is 5.91 Å². The van der Waals surface area contributed by atoms with Gasteiger partial charge < -0.3 is 14.8 Å². The van der Waals surface area contributed by atoms with Gasteiger partial charge in [-0.05, 0) is 48.7 Å². The first kappa shape index (κ1) is 17.2. The summed E-state index contributed by atoms with van der Waals surface area (Å²) in [7, 11) is 3.20. The molecule has 0 aromatic heterocycles. The van der Waals surface area contributed by atoms with Crippen molar-refractivity contribution in [2.24, 2.45) is 0 Å². The van der Waals surface area contributed by atoms with E-state index >= 15 is 0 Å². The van der Waals surface area contributed by atoms with Crippen molar-refractivity contribution in [3.63, 3.8) is 0 Å².